The fraction of sp³-hybridized carbons (Fsp3) is 0.273. The number of carbonyl (C=O) groups excluding carboxylic acids is 1. The standard InChI is InChI=1S/C22H22N2O5S/c1-3-27-10-9-24-21(25)20(30-22(24)23-16-7-5-4-6-8-16)12-15-11-18-19(29-14-28-18)13-17(15)26-2/h4-8,11-13H,3,9-10,14H2,1-2H3/b20-12+,23-22?. The number of thioether (sulfide) groups is 1. The van der Waals surface area contributed by atoms with Crippen LogP contribution in [0.3, 0.4) is 0 Å². The number of fused-ring (bicyclic) bond motifs is 1. The predicted octanol–water partition coefficient (Wildman–Crippen LogP) is 4.06. The molecule has 2 aromatic rings. The van der Waals surface area contributed by atoms with Gasteiger partial charge in [0.1, 0.15) is 5.75 Å². The number of amidine groups is 1. The van der Waals surface area contributed by atoms with Gasteiger partial charge in [-0.15, -0.1) is 0 Å². The van der Waals surface area contributed by atoms with Crippen LogP contribution in [0.2, 0.25) is 0 Å². The molecule has 0 N–H and O–H groups in total. The smallest absolute Gasteiger partial charge is 0.266 e. The number of rotatable bonds is 7. The summed E-state index contributed by atoms with van der Waals surface area (Å²) in [4.78, 5) is 20.0. The average molecular weight is 426 g/mol. The second-order valence-corrected chi connectivity index (χ2v) is 7.45. The van der Waals surface area contributed by atoms with E-state index in [0.29, 0.717) is 47.1 Å². The second-order valence-electron chi connectivity index (χ2n) is 6.44. The third-order valence-electron chi connectivity index (χ3n) is 4.54. The first kappa shape index (κ1) is 20.3. The Morgan fingerprint density at radius 2 is 1.97 bits per heavy atom. The minimum absolute atomic E-state index is 0.117. The molecule has 0 saturated carbocycles. The highest BCUT2D eigenvalue weighted by Gasteiger charge is 2.33. The molecule has 0 atom stereocenters. The number of amides is 1. The van der Waals surface area contributed by atoms with Crippen LogP contribution in [-0.2, 0) is 9.53 Å². The van der Waals surface area contributed by atoms with Crippen LogP contribution in [0, 0.1) is 0 Å². The van der Waals surface area contributed by atoms with Gasteiger partial charge in [0.25, 0.3) is 5.91 Å². The van der Waals surface area contributed by atoms with Crippen LogP contribution in [0.25, 0.3) is 6.08 Å². The molecule has 156 valence electrons. The number of benzene rings is 2. The lowest BCUT2D eigenvalue weighted by Gasteiger charge is -2.15. The average Bonchev–Trinajstić information content (AvgIpc) is 3.33. The normalized spacial score (nSPS) is 17.9. The van der Waals surface area contributed by atoms with Gasteiger partial charge in [-0.05, 0) is 43.0 Å². The Morgan fingerprint density at radius 3 is 2.70 bits per heavy atom. The molecule has 2 aliphatic rings. The van der Waals surface area contributed by atoms with Crippen LogP contribution in [0.1, 0.15) is 12.5 Å². The zero-order chi connectivity index (χ0) is 20.9. The molecule has 0 unspecified atom stereocenters. The SMILES string of the molecule is CCOCCN1C(=O)/C(=C\c2cc3c(cc2OC)OCO3)SC1=Nc1ccccc1. The maximum Gasteiger partial charge on any atom is 0.266 e. The quantitative estimate of drug-likeness (QED) is 0.491. The molecule has 30 heavy (non-hydrogen) atoms. The zero-order valence-electron chi connectivity index (χ0n) is 16.8. The Bertz CT molecular complexity index is 991. The van der Waals surface area contributed by atoms with Gasteiger partial charge in [-0.2, -0.15) is 0 Å². The van der Waals surface area contributed by atoms with Crippen molar-refractivity contribution in [3.05, 3.63) is 52.9 Å². The van der Waals surface area contributed by atoms with Crippen LogP contribution in [-0.4, -0.2) is 49.6 Å². The topological polar surface area (TPSA) is 69.6 Å². The summed E-state index contributed by atoms with van der Waals surface area (Å²) in [5, 5.41) is 0.622. The van der Waals surface area contributed by atoms with Gasteiger partial charge in [-0.1, -0.05) is 18.2 Å². The minimum atomic E-state index is -0.117. The molecule has 0 bridgehead atoms. The number of aliphatic imine (C=N–C) groups is 1. The molecule has 1 saturated heterocycles. The lowest BCUT2D eigenvalue weighted by atomic mass is 10.1. The molecular formula is C22H22N2O5S. The highest BCUT2D eigenvalue weighted by Crippen LogP contribution is 2.41. The molecule has 0 aliphatic carbocycles. The Hall–Kier alpha value is -2.97. The Balaban J connectivity index is 1.67. The van der Waals surface area contributed by atoms with Crippen molar-refractivity contribution < 1.29 is 23.7 Å². The largest absolute Gasteiger partial charge is 0.496 e. The van der Waals surface area contributed by atoms with E-state index in [2.05, 4.69) is 4.99 Å². The van der Waals surface area contributed by atoms with Crippen LogP contribution < -0.4 is 14.2 Å². The highest BCUT2D eigenvalue weighted by atomic mass is 32.2. The number of para-hydroxylation sites is 1. The van der Waals surface area contributed by atoms with Gasteiger partial charge in [0, 0.05) is 18.2 Å². The lowest BCUT2D eigenvalue weighted by molar-refractivity contribution is -0.122. The number of carbonyl (C=O) groups is 1. The van der Waals surface area contributed by atoms with Crippen LogP contribution >= 0.6 is 11.8 Å². The van der Waals surface area contributed by atoms with Crippen molar-refractivity contribution in [2.75, 3.05) is 33.7 Å². The molecule has 7 nitrogen and oxygen atoms in total. The van der Waals surface area contributed by atoms with E-state index in [0.717, 1.165) is 11.3 Å². The summed E-state index contributed by atoms with van der Waals surface area (Å²) in [5.74, 6) is 1.75. The zero-order valence-corrected chi connectivity index (χ0v) is 17.6. The van der Waals surface area contributed by atoms with Gasteiger partial charge in [0.2, 0.25) is 6.79 Å². The van der Waals surface area contributed by atoms with E-state index in [1.54, 1.807) is 24.2 Å². The Labute approximate surface area is 179 Å². The molecule has 2 heterocycles. The fourth-order valence-electron chi connectivity index (χ4n) is 3.07. The second kappa shape index (κ2) is 9.23. The summed E-state index contributed by atoms with van der Waals surface area (Å²) < 4.78 is 21.8. The first-order chi connectivity index (χ1) is 14.7. The van der Waals surface area contributed by atoms with Crippen molar-refractivity contribution in [2.24, 2.45) is 4.99 Å². The van der Waals surface area contributed by atoms with Gasteiger partial charge in [0.05, 0.1) is 30.9 Å². The van der Waals surface area contributed by atoms with E-state index < -0.39 is 0 Å². The molecule has 0 aromatic heterocycles. The number of nitrogens with zero attached hydrogens (tertiary/aromatic N) is 2. The number of hydrogen-bond donors (Lipinski definition) is 0. The van der Waals surface area contributed by atoms with Crippen LogP contribution in [0.5, 0.6) is 17.2 Å². The molecule has 2 aromatic carbocycles. The van der Waals surface area contributed by atoms with Crippen molar-refractivity contribution in [1.82, 2.24) is 4.90 Å². The molecule has 0 radical (unpaired) electrons. The predicted molar refractivity (Wildman–Crippen MR) is 116 cm³/mol. The first-order valence-corrected chi connectivity index (χ1v) is 10.4. The number of ether oxygens (including phenoxy) is 4. The van der Waals surface area contributed by atoms with E-state index in [9.17, 15) is 4.79 Å². The van der Waals surface area contributed by atoms with Crippen molar-refractivity contribution in [1.29, 1.82) is 0 Å². The fourth-order valence-corrected chi connectivity index (χ4v) is 4.09. The van der Waals surface area contributed by atoms with Crippen molar-refractivity contribution >= 4 is 34.6 Å². The number of hydrogen-bond acceptors (Lipinski definition) is 7. The van der Waals surface area contributed by atoms with Gasteiger partial charge >= 0.3 is 0 Å². The molecular weight excluding hydrogens is 404 g/mol. The Morgan fingerprint density at radius 1 is 1.20 bits per heavy atom. The van der Waals surface area contributed by atoms with Crippen LogP contribution in [0.15, 0.2) is 52.4 Å². The van der Waals surface area contributed by atoms with Crippen molar-refractivity contribution in [3.8, 4) is 17.2 Å². The summed E-state index contributed by atoms with van der Waals surface area (Å²) in [6.45, 7) is 3.57. The monoisotopic (exact) mass is 426 g/mol. The molecule has 0 spiro atoms. The molecule has 1 amide bonds. The highest BCUT2D eigenvalue weighted by molar-refractivity contribution is 8.18. The van der Waals surface area contributed by atoms with Crippen LogP contribution in [0.4, 0.5) is 5.69 Å². The third-order valence-corrected chi connectivity index (χ3v) is 5.55. The van der Waals surface area contributed by atoms with E-state index in [1.165, 1.54) is 11.8 Å². The lowest BCUT2D eigenvalue weighted by Crippen LogP contribution is -2.32. The molecule has 4 rings (SSSR count). The van der Waals surface area contributed by atoms with Gasteiger partial charge in [-0.25, -0.2) is 4.99 Å². The first-order valence-electron chi connectivity index (χ1n) is 9.60. The van der Waals surface area contributed by atoms with Gasteiger partial charge < -0.3 is 18.9 Å². The van der Waals surface area contributed by atoms with E-state index in [4.69, 9.17) is 18.9 Å². The third kappa shape index (κ3) is 4.29. The van der Waals surface area contributed by atoms with Crippen molar-refractivity contribution in [3.63, 3.8) is 0 Å². The summed E-state index contributed by atoms with van der Waals surface area (Å²) in [7, 11) is 1.58. The molecule has 8 heteroatoms. The number of methoxy groups -OCH3 is 1. The van der Waals surface area contributed by atoms with Gasteiger partial charge in [0.15, 0.2) is 16.7 Å². The molecule has 2 aliphatic heterocycles. The van der Waals surface area contributed by atoms with E-state index >= 15 is 0 Å². The van der Waals surface area contributed by atoms with Gasteiger partial charge in [-0.3, -0.25) is 9.69 Å². The summed E-state index contributed by atoms with van der Waals surface area (Å²) in [6.07, 6.45) is 1.80. The summed E-state index contributed by atoms with van der Waals surface area (Å²) in [5.41, 5.74) is 1.53. The van der Waals surface area contributed by atoms with Crippen molar-refractivity contribution in [2.45, 2.75) is 6.92 Å². The Kier molecular flexibility index (Phi) is 6.25. The maximum absolute atomic E-state index is 13.1. The minimum Gasteiger partial charge on any atom is -0.496 e. The maximum atomic E-state index is 13.1. The van der Waals surface area contributed by atoms with E-state index in [1.807, 2.05) is 43.3 Å². The summed E-state index contributed by atoms with van der Waals surface area (Å²) >= 11 is 1.33. The summed E-state index contributed by atoms with van der Waals surface area (Å²) in [6, 6.07) is 13.2. The molecule has 1 fully saturated rings. The van der Waals surface area contributed by atoms with E-state index in [-0.39, 0.29) is 12.7 Å².